The monoisotopic (exact) mass is 232 g/mol. The van der Waals surface area contributed by atoms with Crippen molar-refractivity contribution in [2.75, 3.05) is 17.3 Å². The van der Waals surface area contributed by atoms with Crippen LogP contribution < -0.4 is 0 Å². The second-order valence-corrected chi connectivity index (χ2v) is 6.68. The molecule has 84 valence electrons. The number of hydrogen-bond donors (Lipinski definition) is 0. The Morgan fingerprint density at radius 3 is 2.50 bits per heavy atom. The fraction of sp³-hybridized carbons (Fsp3) is 1.00. The van der Waals surface area contributed by atoms with Crippen molar-refractivity contribution in [3.63, 3.8) is 0 Å². The number of thioether (sulfide) groups is 2. The van der Waals surface area contributed by atoms with Gasteiger partial charge in [-0.15, -0.1) is 0 Å². The van der Waals surface area contributed by atoms with Crippen LogP contribution in [0.4, 0.5) is 0 Å². The SMILES string of the molecule is CCCCCCCCC1CSCCS1. The van der Waals surface area contributed by atoms with Crippen LogP contribution in [0.3, 0.4) is 0 Å². The van der Waals surface area contributed by atoms with Gasteiger partial charge in [0.2, 0.25) is 0 Å². The molecule has 1 rings (SSSR count). The predicted molar refractivity (Wildman–Crippen MR) is 71.6 cm³/mol. The van der Waals surface area contributed by atoms with Crippen LogP contribution in [0.2, 0.25) is 0 Å². The summed E-state index contributed by atoms with van der Waals surface area (Å²) in [5.41, 5.74) is 0. The van der Waals surface area contributed by atoms with Gasteiger partial charge in [0.15, 0.2) is 0 Å². The lowest BCUT2D eigenvalue weighted by Crippen LogP contribution is -2.13. The maximum Gasteiger partial charge on any atom is 0.0138 e. The third-order valence-corrected chi connectivity index (χ3v) is 5.68. The van der Waals surface area contributed by atoms with E-state index >= 15 is 0 Å². The van der Waals surface area contributed by atoms with Crippen LogP contribution in [0.5, 0.6) is 0 Å². The van der Waals surface area contributed by atoms with E-state index < -0.39 is 0 Å². The first-order chi connectivity index (χ1) is 6.93. The lowest BCUT2D eigenvalue weighted by molar-refractivity contribution is 0.589. The van der Waals surface area contributed by atoms with Gasteiger partial charge in [-0.3, -0.25) is 0 Å². The van der Waals surface area contributed by atoms with E-state index in [0.717, 1.165) is 5.25 Å². The third-order valence-electron chi connectivity index (χ3n) is 2.76. The summed E-state index contributed by atoms with van der Waals surface area (Å²) in [4.78, 5) is 0. The van der Waals surface area contributed by atoms with E-state index in [9.17, 15) is 0 Å². The van der Waals surface area contributed by atoms with Gasteiger partial charge >= 0.3 is 0 Å². The Bertz CT molecular complexity index is 119. The van der Waals surface area contributed by atoms with Gasteiger partial charge < -0.3 is 0 Å². The molecule has 0 spiro atoms. The molecule has 0 aromatic heterocycles. The maximum absolute atomic E-state index is 2.29. The third kappa shape index (κ3) is 6.23. The standard InChI is InChI=1S/C12H24S2/c1-2-3-4-5-6-7-8-12-11-13-9-10-14-12/h12H,2-11H2,1H3. The molecule has 1 unspecified atom stereocenters. The Morgan fingerprint density at radius 1 is 1.00 bits per heavy atom. The van der Waals surface area contributed by atoms with Gasteiger partial charge in [0.05, 0.1) is 0 Å². The average Bonchev–Trinajstić information content (AvgIpc) is 2.25. The van der Waals surface area contributed by atoms with Gasteiger partial charge in [0.25, 0.3) is 0 Å². The van der Waals surface area contributed by atoms with E-state index in [1.54, 1.807) is 0 Å². The molecule has 0 nitrogen and oxygen atoms in total. The van der Waals surface area contributed by atoms with E-state index in [2.05, 4.69) is 30.4 Å². The fourth-order valence-electron chi connectivity index (χ4n) is 1.86. The maximum atomic E-state index is 2.29. The zero-order valence-electron chi connectivity index (χ0n) is 9.46. The summed E-state index contributed by atoms with van der Waals surface area (Å²) in [6.07, 6.45) is 10.2. The predicted octanol–water partition coefficient (Wildman–Crippen LogP) is 4.59. The summed E-state index contributed by atoms with van der Waals surface area (Å²) in [7, 11) is 0. The van der Waals surface area contributed by atoms with Crippen molar-refractivity contribution in [2.24, 2.45) is 0 Å². The lowest BCUT2D eigenvalue weighted by atomic mass is 10.1. The van der Waals surface area contributed by atoms with E-state index in [0.29, 0.717) is 0 Å². The Morgan fingerprint density at radius 2 is 1.79 bits per heavy atom. The Labute approximate surface area is 98.0 Å². The van der Waals surface area contributed by atoms with Crippen LogP contribution in [0.1, 0.15) is 51.9 Å². The van der Waals surface area contributed by atoms with Crippen LogP contribution in [0, 0.1) is 0 Å². The smallest absolute Gasteiger partial charge is 0.0138 e. The molecule has 1 fully saturated rings. The molecule has 1 aliphatic heterocycles. The second kappa shape index (κ2) is 8.96. The first kappa shape index (κ1) is 12.8. The molecular weight excluding hydrogens is 208 g/mol. The topological polar surface area (TPSA) is 0 Å². The first-order valence-corrected chi connectivity index (χ1v) is 8.33. The first-order valence-electron chi connectivity index (χ1n) is 6.13. The Balaban J connectivity index is 1.82. The van der Waals surface area contributed by atoms with Crippen LogP contribution >= 0.6 is 23.5 Å². The lowest BCUT2D eigenvalue weighted by Gasteiger charge is -2.20. The molecule has 0 amide bonds. The molecule has 14 heavy (non-hydrogen) atoms. The minimum atomic E-state index is 0.986. The van der Waals surface area contributed by atoms with Crippen molar-refractivity contribution in [1.29, 1.82) is 0 Å². The largest absolute Gasteiger partial charge is 0.160 e. The Hall–Kier alpha value is 0.700. The number of unbranched alkanes of at least 4 members (excludes halogenated alkanes) is 5. The molecule has 0 aromatic carbocycles. The molecule has 0 saturated carbocycles. The number of rotatable bonds is 7. The van der Waals surface area contributed by atoms with Gasteiger partial charge in [-0.25, -0.2) is 0 Å². The highest BCUT2D eigenvalue weighted by Crippen LogP contribution is 2.27. The van der Waals surface area contributed by atoms with Gasteiger partial charge in [0, 0.05) is 22.5 Å². The minimum absolute atomic E-state index is 0.986. The van der Waals surface area contributed by atoms with Crippen molar-refractivity contribution in [2.45, 2.75) is 57.1 Å². The second-order valence-electron chi connectivity index (χ2n) is 4.12. The molecule has 1 aliphatic rings. The summed E-state index contributed by atoms with van der Waals surface area (Å²) in [6.45, 7) is 2.29. The van der Waals surface area contributed by atoms with Gasteiger partial charge in [-0.1, -0.05) is 45.4 Å². The van der Waals surface area contributed by atoms with Crippen molar-refractivity contribution in [3.8, 4) is 0 Å². The van der Waals surface area contributed by atoms with Gasteiger partial charge in [-0.2, -0.15) is 23.5 Å². The molecular formula is C12H24S2. The minimum Gasteiger partial charge on any atom is -0.160 e. The normalized spacial score (nSPS) is 22.5. The molecule has 1 saturated heterocycles. The molecule has 0 N–H and O–H groups in total. The molecule has 0 radical (unpaired) electrons. The van der Waals surface area contributed by atoms with Crippen molar-refractivity contribution in [3.05, 3.63) is 0 Å². The van der Waals surface area contributed by atoms with Crippen molar-refractivity contribution < 1.29 is 0 Å². The summed E-state index contributed by atoms with van der Waals surface area (Å²) in [5, 5.41) is 0.986. The highest BCUT2D eigenvalue weighted by molar-refractivity contribution is 8.06. The number of hydrogen-bond acceptors (Lipinski definition) is 2. The molecule has 2 heteroatoms. The molecule has 0 aliphatic carbocycles. The van der Waals surface area contributed by atoms with Crippen LogP contribution in [-0.4, -0.2) is 22.5 Å². The molecule has 0 bridgehead atoms. The van der Waals surface area contributed by atoms with Gasteiger partial charge in [0.1, 0.15) is 0 Å². The van der Waals surface area contributed by atoms with E-state index in [-0.39, 0.29) is 0 Å². The Kier molecular flexibility index (Phi) is 8.18. The molecule has 0 aromatic rings. The van der Waals surface area contributed by atoms with Crippen LogP contribution in [0.25, 0.3) is 0 Å². The molecule has 1 heterocycles. The van der Waals surface area contributed by atoms with Crippen LogP contribution in [-0.2, 0) is 0 Å². The fourth-order valence-corrected chi connectivity index (χ4v) is 4.65. The molecule has 1 atom stereocenters. The van der Waals surface area contributed by atoms with E-state index in [1.165, 1.54) is 62.2 Å². The quantitative estimate of drug-likeness (QED) is 0.589. The summed E-state index contributed by atoms with van der Waals surface area (Å²) >= 11 is 4.36. The zero-order chi connectivity index (χ0) is 10.1. The summed E-state index contributed by atoms with van der Waals surface area (Å²) < 4.78 is 0. The van der Waals surface area contributed by atoms with E-state index in [1.807, 2.05) is 0 Å². The average molecular weight is 232 g/mol. The van der Waals surface area contributed by atoms with E-state index in [4.69, 9.17) is 0 Å². The van der Waals surface area contributed by atoms with Crippen molar-refractivity contribution >= 4 is 23.5 Å². The highest BCUT2D eigenvalue weighted by Gasteiger charge is 2.12. The van der Waals surface area contributed by atoms with Gasteiger partial charge in [-0.05, 0) is 6.42 Å². The summed E-state index contributed by atoms with van der Waals surface area (Å²) in [6, 6.07) is 0. The van der Waals surface area contributed by atoms with Crippen LogP contribution in [0.15, 0.2) is 0 Å². The van der Waals surface area contributed by atoms with Crippen molar-refractivity contribution in [1.82, 2.24) is 0 Å². The zero-order valence-corrected chi connectivity index (χ0v) is 11.1. The summed E-state index contributed by atoms with van der Waals surface area (Å²) in [5.74, 6) is 4.20. The highest BCUT2D eigenvalue weighted by atomic mass is 32.2.